The number of rotatable bonds is 5. The molecule has 0 spiro atoms. The van der Waals surface area contributed by atoms with Crippen molar-refractivity contribution in [3.63, 3.8) is 0 Å². The van der Waals surface area contributed by atoms with Gasteiger partial charge in [0, 0.05) is 17.7 Å². The average Bonchev–Trinajstić information content (AvgIpc) is 2.49. The van der Waals surface area contributed by atoms with Crippen molar-refractivity contribution in [2.24, 2.45) is 0 Å². The van der Waals surface area contributed by atoms with E-state index in [0.717, 1.165) is 4.47 Å². The van der Waals surface area contributed by atoms with Crippen molar-refractivity contribution in [1.29, 1.82) is 0 Å². The second-order valence-corrected chi connectivity index (χ2v) is 5.49. The Morgan fingerprint density at radius 3 is 2.77 bits per heavy atom. The lowest BCUT2D eigenvalue weighted by molar-refractivity contribution is -0.114. The van der Waals surface area contributed by atoms with Crippen LogP contribution in [0.25, 0.3) is 0 Å². The monoisotopic (exact) mass is 367 g/mol. The molecule has 0 unspecified atom stereocenters. The summed E-state index contributed by atoms with van der Waals surface area (Å²) >= 11 is 3.26. The first-order chi connectivity index (χ1) is 10.5. The molecule has 116 valence electrons. The molecule has 0 saturated heterocycles. The van der Waals surface area contributed by atoms with E-state index in [4.69, 9.17) is 0 Å². The first kappa shape index (κ1) is 16.3. The number of amides is 1. The molecule has 0 aliphatic rings. The van der Waals surface area contributed by atoms with Gasteiger partial charge in [-0.15, -0.1) is 0 Å². The van der Waals surface area contributed by atoms with Gasteiger partial charge in [0.1, 0.15) is 12.1 Å². The molecular formula is C14H15BrFN5O. The molecule has 2 aromatic heterocycles. The van der Waals surface area contributed by atoms with Gasteiger partial charge in [0.05, 0.1) is 12.2 Å². The zero-order valence-corrected chi connectivity index (χ0v) is 13.8. The number of nitrogens with zero attached hydrogens (tertiary/aromatic N) is 4. The molecule has 0 bridgehead atoms. The number of hydrogen-bond donors (Lipinski definition) is 1. The second kappa shape index (κ2) is 7.26. The fraction of sp³-hybridized carbons (Fsp3) is 0.286. The number of pyridine rings is 1. The van der Waals surface area contributed by atoms with Crippen molar-refractivity contribution in [2.75, 3.05) is 23.8 Å². The molecule has 0 atom stereocenters. The number of anilines is 2. The second-order valence-electron chi connectivity index (χ2n) is 4.58. The lowest BCUT2D eigenvalue weighted by Crippen LogP contribution is -2.31. The summed E-state index contributed by atoms with van der Waals surface area (Å²) in [5.74, 6) is -0.278. The van der Waals surface area contributed by atoms with Gasteiger partial charge in [-0.25, -0.2) is 19.3 Å². The maximum Gasteiger partial charge on any atom is 0.245 e. The van der Waals surface area contributed by atoms with E-state index in [9.17, 15) is 9.18 Å². The highest BCUT2D eigenvalue weighted by Crippen LogP contribution is 2.17. The van der Waals surface area contributed by atoms with E-state index in [-0.39, 0.29) is 18.3 Å². The Bertz CT molecular complexity index is 665. The lowest BCUT2D eigenvalue weighted by Gasteiger charge is -2.18. The van der Waals surface area contributed by atoms with Crippen LogP contribution in [0, 0.1) is 5.82 Å². The average molecular weight is 368 g/mol. The highest BCUT2D eigenvalue weighted by molar-refractivity contribution is 9.10. The van der Waals surface area contributed by atoms with Gasteiger partial charge in [-0.1, -0.05) is 6.92 Å². The molecule has 8 heteroatoms. The Morgan fingerprint density at radius 1 is 1.36 bits per heavy atom. The van der Waals surface area contributed by atoms with E-state index in [1.54, 1.807) is 32.3 Å². The van der Waals surface area contributed by atoms with E-state index >= 15 is 0 Å². The molecule has 0 aliphatic carbocycles. The number of likely N-dealkylation sites (N-methyl/N-ethyl adjacent to an activating group) is 1. The number of aryl methyl sites for hydroxylation is 1. The van der Waals surface area contributed by atoms with Crippen molar-refractivity contribution in [2.45, 2.75) is 13.3 Å². The summed E-state index contributed by atoms with van der Waals surface area (Å²) in [6.07, 6.45) is 3.34. The molecule has 6 nitrogen and oxygen atoms in total. The Hall–Kier alpha value is -2.09. The minimum atomic E-state index is -0.498. The SMILES string of the molecule is CCc1ncnc(N(C)CC(=O)Nc2ccc(Br)cn2)c1F. The van der Waals surface area contributed by atoms with Crippen molar-refractivity contribution in [1.82, 2.24) is 15.0 Å². The Balaban J connectivity index is 2.03. The lowest BCUT2D eigenvalue weighted by atomic mass is 10.3. The fourth-order valence-corrected chi connectivity index (χ4v) is 2.07. The van der Waals surface area contributed by atoms with Gasteiger partial charge in [0.15, 0.2) is 11.6 Å². The van der Waals surface area contributed by atoms with Crippen LogP contribution in [0.1, 0.15) is 12.6 Å². The Kier molecular flexibility index (Phi) is 5.37. The molecule has 0 saturated carbocycles. The van der Waals surface area contributed by atoms with Crippen LogP contribution in [0.15, 0.2) is 29.1 Å². The van der Waals surface area contributed by atoms with E-state index < -0.39 is 5.82 Å². The summed E-state index contributed by atoms with van der Waals surface area (Å²) in [6.45, 7) is 1.76. The number of nitrogens with one attached hydrogen (secondary N) is 1. The van der Waals surface area contributed by atoms with Gasteiger partial charge in [-0.05, 0) is 34.5 Å². The molecule has 0 fully saturated rings. The predicted molar refractivity (Wildman–Crippen MR) is 85.2 cm³/mol. The van der Waals surface area contributed by atoms with Crippen LogP contribution in [-0.2, 0) is 11.2 Å². The van der Waals surface area contributed by atoms with Crippen molar-refractivity contribution in [3.05, 3.63) is 40.6 Å². The number of carbonyl (C=O) groups is 1. The quantitative estimate of drug-likeness (QED) is 0.878. The van der Waals surface area contributed by atoms with Crippen LogP contribution < -0.4 is 10.2 Å². The maximum atomic E-state index is 14.1. The van der Waals surface area contributed by atoms with E-state index in [2.05, 4.69) is 36.2 Å². The Morgan fingerprint density at radius 2 is 2.14 bits per heavy atom. The first-order valence-corrected chi connectivity index (χ1v) is 7.42. The molecule has 0 radical (unpaired) electrons. The third-order valence-electron chi connectivity index (χ3n) is 2.92. The standard InChI is InChI=1S/C14H15BrFN5O/c1-3-10-13(16)14(19-8-18-10)21(2)7-12(22)20-11-5-4-9(15)6-17-11/h4-6,8H,3,7H2,1-2H3,(H,17,20,22). The van der Waals surface area contributed by atoms with Gasteiger partial charge >= 0.3 is 0 Å². The van der Waals surface area contributed by atoms with Gasteiger partial charge in [0.25, 0.3) is 0 Å². The highest BCUT2D eigenvalue weighted by atomic mass is 79.9. The minimum absolute atomic E-state index is 0.0468. The molecule has 0 aromatic carbocycles. The normalized spacial score (nSPS) is 10.4. The highest BCUT2D eigenvalue weighted by Gasteiger charge is 2.16. The first-order valence-electron chi connectivity index (χ1n) is 6.63. The van der Waals surface area contributed by atoms with E-state index in [1.807, 2.05) is 0 Å². The Labute approximate surface area is 135 Å². The van der Waals surface area contributed by atoms with Gasteiger partial charge < -0.3 is 10.2 Å². The minimum Gasteiger partial charge on any atom is -0.348 e. The molecule has 0 aliphatic heterocycles. The van der Waals surface area contributed by atoms with Gasteiger partial charge in [0.2, 0.25) is 5.91 Å². The predicted octanol–water partition coefficient (Wildman–Crippen LogP) is 2.41. The number of carbonyl (C=O) groups excluding carboxylic acids is 1. The zero-order valence-electron chi connectivity index (χ0n) is 12.2. The summed E-state index contributed by atoms with van der Waals surface area (Å²) in [7, 11) is 1.60. The van der Waals surface area contributed by atoms with Crippen molar-refractivity contribution < 1.29 is 9.18 Å². The van der Waals surface area contributed by atoms with Crippen molar-refractivity contribution in [3.8, 4) is 0 Å². The molecule has 2 heterocycles. The summed E-state index contributed by atoms with van der Waals surface area (Å²) in [5, 5.41) is 2.64. The summed E-state index contributed by atoms with van der Waals surface area (Å²) in [5.41, 5.74) is 0.326. The van der Waals surface area contributed by atoms with Crippen LogP contribution >= 0.6 is 15.9 Å². The van der Waals surface area contributed by atoms with Crippen LogP contribution in [0.2, 0.25) is 0 Å². The molecule has 1 N–H and O–H groups in total. The van der Waals surface area contributed by atoms with E-state index in [0.29, 0.717) is 17.9 Å². The summed E-state index contributed by atoms with van der Waals surface area (Å²) in [4.78, 5) is 25.2. The fourth-order valence-electron chi connectivity index (χ4n) is 1.83. The van der Waals surface area contributed by atoms with Crippen LogP contribution in [0.4, 0.5) is 16.0 Å². The third-order valence-corrected chi connectivity index (χ3v) is 3.38. The largest absolute Gasteiger partial charge is 0.348 e. The van der Waals surface area contributed by atoms with Crippen LogP contribution in [0.5, 0.6) is 0 Å². The zero-order chi connectivity index (χ0) is 16.1. The summed E-state index contributed by atoms with van der Waals surface area (Å²) < 4.78 is 14.9. The smallest absolute Gasteiger partial charge is 0.245 e. The molecule has 2 aromatic rings. The van der Waals surface area contributed by atoms with Crippen LogP contribution in [0.3, 0.4) is 0 Å². The van der Waals surface area contributed by atoms with Crippen molar-refractivity contribution >= 4 is 33.5 Å². The summed E-state index contributed by atoms with van der Waals surface area (Å²) in [6, 6.07) is 3.44. The number of aromatic nitrogens is 3. The molecular weight excluding hydrogens is 353 g/mol. The third kappa shape index (κ3) is 3.97. The molecule has 2 rings (SSSR count). The number of hydrogen-bond acceptors (Lipinski definition) is 5. The van der Waals surface area contributed by atoms with Gasteiger partial charge in [-0.3, -0.25) is 4.79 Å². The number of halogens is 2. The van der Waals surface area contributed by atoms with Gasteiger partial charge in [-0.2, -0.15) is 0 Å². The van der Waals surface area contributed by atoms with E-state index in [1.165, 1.54) is 11.2 Å². The van der Waals surface area contributed by atoms with Crippen LogP contribution in [-0.4, -0.2) is 34.5 Å². The molecule has 1 amide bonds. The molecule has 22 heavy (non-hydrogen) atoms. The topological polar surface area (TPSA) is 71.0 Å². The maximum absolute atomic E-state index is 14.1.